The SMILES string of the molecule is Cc1nc2c(cc1C(=O)NCc1ccc(COCc3ccccc3)cc1)c(C)nn2C. The number of amides is 1. The molecular formula is C25H26N4O2. The van der Waals surface area contributed by atoms with Crippen molar-refractivity contribution in [3.05, 3.63) is 94.3 Å². The van der Waals surface area contributed by atoms with Gasteiger partial charge in [-0.15, -0.1) is 0 Å². The van der Waals surface area contributed by atoms with Gasteiger partial charge in [-0.1, -0.05) is 54.6 Å². The lowest BCUT2D eigenvalue weighted by Gasteiger charge is -2.09. The van der Waals surface area contributed by atoms with Gasteiger partial charge in [0.15, 0.2) is 5.65 Å². The second kappa shape index (κ2) is 9.10. The van der Waals surface area contributed by atoms with Crippen LogP contribution in [0.15, 0.2) is 60.7 Å². The molecule has 0 aliphatic rings. The quantitative estimate of drug-likeness (QED) is 0.491. The maximum atomic E-state index is 12.7. The third-order valence-electron chi connectivity index (χ3n) is 5.29. The lowest BCUT2D eigenvalue weighted by molar-refractivity contribution is 0.0950. The first-order valence-corrected chi connectivity index (χ1v) is 10.3. The smallest absolute Gasteiger partial charge is 0.253 e. The zero-order valence-electron chi connectivity index (χ0n) is 18.1. The van der Waals surface area contributed by atoms with Crippen molar-refractivity contribution in [2.24, 2.45) is 7.05 Å². The highest BCUT2D eigenvalue weighted by atomic mass is 16.5. The molecule has 0 unspecified atom stereocenters. The average molecular weight is 415 g/mol. The largest absolute Gasteiger partial charge is 0.372 e. The number of aromatic nitrogens is 3. The summed E-state index contributed by atoms with van der Waals surface area (Å²) in [5, 5.41) is 8.28. The Labute approximate surface area is 181 Å². The van der Waals surface area contributed by atoms with Crippen molar-refractivity contribution < 1.29 is 9.53 Å². The van der Waals surface area contributed by atoms with Crippen LogP contribution in [0.3, 0.4) is 0 Å². The minimum absolute atomic E-state index is 0.134. The first-order valence-electron chi connectivity index (χ1n) is 10.3. The molecule has 6 nitrogen and oxygen atoms in total. The standard InChI is InChI=1S/C25H26N4O2/c1-17-23(13-22-18(2)28-29(3)24(22)27-17)25(30)26-14-19-9-11-21(12-10-19)16-31-15-20-7-5-4-6-8-20/h4-13H,14-16H2,1-3H3,(H,26,30). The van der Waals surface area contributed by atoms with Gasteiger partial charge in [-0.3, -0.25) is 9.48 Å². The van der Waals surface area contributed by atoms with Crippen LogP contribution in [0.25, 0.3) is 11.0 Å². The van der Waals surface area contributed by atoms with Gasteiger partial charge in [0, 0.05) is 19.0 Å². The van der Waals surface area contributed by atoms with E-state index in [0.717, 1.165) is 33.4 Å². The van der Waals surface area contributed by atoms with Crippen molar-refractivity contribution in [1.82, 2.24) is 20.1 Å². The summed E-state index contributed by atoms with van der Waals surface area (Å²) < 4.78 is 7.52. The molecule has 0 atom stereocenters. The Morgan fingerprint density at radius 2 is 1.58 bits per heavy atom. The van der Waals surface area contributed by atoms with E-state index in [2.05, 4.69) is 27.5 Å². The first-order chi connectivity index (χ1) is 15.0. The summed E-state index contributed by atoms with van der Waals surface area (Å²) in [6, 6.07) is 20.1. The monoisotopic (exact) mass is 414 g/mol. The predicted molar refractivity (Wildman–Crippen MR) is 121 cm³/mol. The molecule has 1 N–H and O–H groups in total. The van der Waals surface area contributed by atoms with Gasteiger partial charge in [0.05, 0.1) is 30.2 Å². The molecule has 6 heteroatoms. The van der Waals surface area contributed by atoms with Crippen molar-refractivity contribution in [1.29, 1.82) is 0 Å². The summed E-state index contributed by atoms with van der Waals surface area (Å²) in [5.74, 6) is -0.134. The first kappa shape index (κ1) is 20.8. The molecular weight excluding hydrogens is 388 g/mol. The van der Waals surface area contributed by atoms with Gasteiger partial charge in [-0.25, -0.2) is 4.98 Å². The van der Waals surface area contributed by atoms with Crippen LogP contribution in [0.1, 0.15) is 38.4 Å². The molecule has 4 rings (SSSR count). The molecule has 0 saturated carbocycles. The second-order valence-electron chi connectivity index (χ2n) is 7.68. The number of carbonyl (C=O) groups excluding carboxylic acids is 1. The molecule has 0 aliphatic heterocycles. The molecule has 0 radical (unpaired) electrons. The number of pyridine rings is 1. The van der Waals surface area contributed by atoms with Crippen molar-refractivity contribution in [3.8, 4) is 0 Å². The number of benzene rings is 2. The van der Waals surface area contributed by atoms with Crippen LogP contribution in [0, 0.1) is 13.8 Å². The molecule has 2 aromatic heterocycles. The van der Waals surface area contributed by atoms with Crippen LogP contribution in [-0.4, -0.2) is 20.7 Å². The average Bonchev–Trinajstić information content (AvgIpc) is 3.05. The zero-order valence-corrected chi connectivity index (χ0v) is 18.1. The molecule has 31 heavy (non-hydrogen) atoms. The van der Waals surface area contributed by atoms with E-state index in [0.29, 0.717) is 31.0 Å². The van der Waals surface area contributed by atoms with Gasteiger partial charge in [-0.05, 0) is 36.6 Å². The molecule has 2 heterocycles. The summed E-state index contributed by atoms with van der Waals surface area (Å²) >= 11 is 0. The van der Waals surface area contributed by atoms with Crippen molar-refractivity contribution in [3.63, 3.8) is 0 Å². The van der Waals surface area contributed by atoms with Crippen molar-refractivity contribution in [2.75, 3.05) is 0 Å². The Balaban J connectivity index is 1.34. The van der Waals surface area contributed by atoms with E-state index in [9.17, 15) is 4.79 Å². The van der Waals surface area contributed by atoms with E-state index in [4.69, 9.17) is 4.74 Å². The molecule has 0 saturated heterocycles. The fourth-order valence-corrected chi connectivity index (χ4v) is 3.55. The number of nitrogens with zero attached hydrogens (tertiary/aromatic N) is 3. The summed E-state index contributed by atoms with van der Waals surface area (Å²) in [7, 11) is 1.86. The van der Waals surface area contributed by atoms with E-state index in [-0.39, 0.29) is 5.91 Å². The highest BCUT2D eigenvalue weighted by molar-refractivity contribution is 5.98. The fourth-order valence-electron chi connectivity index (χ4n) is 3.55. The third kappa shape index (κ3) is 4.81. The minimum atomic E-state index is -0.134. The fraction of sp³-hybridized carbons (Fsp3) is 0.240. The van der Waals surface area contributed by atoms with Gasteiger partial charge in [0.1, 0.15) is 0 Å². The van der Waals surface area contributed by atoms with Crippen LogP contribution in [0.4, 0.5) is 0 Å². The number of hydrogen-bond donors (Lipinski definition) is 1. The number of nitrogens with one attached hydrogen (secondary N) is 1. The topological polar surface area (TPSA) is 69.0 Å². The number of ether oxygens (including phenoxy) is 1. The Morgan fingerprint density at radius 1 is 0.935 bits per heavy atom. The Hall–Kier alpha value is -3.51. The van der Waals surface area contributed by atoms with Gasteiger partial charge in [-0.2, -0.15) is 5.10 Å². The van der Waals surface area contributed by atoms with E-state index in [1.807, 2.05) is 69.4 Å². The molecule has 0 fully saturated rings. The number of fused-ring (bicyclic) bond motifs is 1. The van der Waals surface area contributed by atoms with Gasteiger partial charge in [0.25, 0.3) is 5.91 Å². The van der Waals surface area contributed by atoms with Crippen LogP contribution in [-0.2, 0) is 31.5 Å². The summed E-state index contributed by atoms with van der Waals surface area (Å²) in [6.07, 6.45) is 0. The number of aryl methyl sites for hydroxylation is 3. The molecule has 4 aromatic rings. The molecule has 2 aromatic carbocycles. The van der Waals surface area contributed by atoms with Gasteiger partial charge in [0.2, 0.25) is 0 Å². The summed E-state index contributed by atoms with van der Waals surface area (Å²) in [6.45, 7) is 5.37. The Kier molecular flexibility index (Phi) is 6.09. The number of carbonyl (C=O) groups is 1. The van der Waals surface area contributed by atoms with Gasteiger partial charge < -0.3 is 10.1 Å². The van der Waals surface area contributed by atoms with Crippen LogP contribution in [0.5, 0.6) is 0 Å². The molecule has 0 aliphatic carbocycles. The normalized spacial score (nSPS) is 11.1. The Bertz CT molecular complexity index is 1200. The van der Waals surface area contributed by atoms with E-state index in [1.54, 1.807) is 4.68 Å². The highest BCUT2D eigenvalue weighted by Gasteiger charge is 2.15. The summed E-state index contributed by atoms with van der Waals surface area (Å²) in [5.41, 5.74) is 6.22. The summed E-state index contributed by atoms with van der Waals surface area (Å²) in [4.78, 5) is 17.3. The maximum absolute atomic E-state index is 12.7. The lowest BCUT2D eigenvalue weighted by atomic mass is 10.1. The number of rotatable bonds is 7. The lowest BCUT2D eigenvalue weighted by Crippen LogP contribution is -2.24. The Morgan fingerprint density at radius 3 is 2.29 bits per heavy atom. The molecule has 0 spiro atoms. The van der Waals surface area contributed by atoms with E-state index in [1.165, 1.54) is 0 Å². The van der Waals surface area contributed by atoms with Crippen molar-refractivity contribution in [2.45, 2.75) is 33.6 Å². The second-order valence-corrected chi connectivity index (χ2v) is 7.68. The van der Waals surface area contributed by atoms with Crippen LogP contribution < -0.4 is 5.32 Å². The van der Waals surface area contributed by atoms with E-state index >= 15 is 0 Å². The third-order valence-corrected chi connectivity index (χ3v) is 5.29. The maximum Gasteiger partial charge on any atom is 0.253 e. The van der Waals surface area contributed by atoms with E-state index < -0.39 is 0 Å². The van der Waals surface area contributed by atoms with Crippen LogP contribution >= 0.6 is 0 Å². The molecule has 158 valence electrons. The number of hydrogen-bond acceptors (Lipinski definition) is 4. The molecule has 1 amide bonds. The minimum Gasteiger partial charge on any atom is -0.372 e. The zero-order chi connectivity index (χ0) is 21.8. The molecule has 0 bridgehead atoms. The van der Waals surface area contributed by atoms with Gasteiger partial charge >= 0.3 is 0 Å². The van der Waals surface area contributed by atoms with Crippen molar-refractivity contribution >= 4 is 16.9 Å². The highest BCUT2D eigenvalue weighted by Crippen LogP contribution is 2.19. The predicted octanol–water partition coefficient (Wildman–Crippen LogP) is 4.23. The van der Waals surface area contributed by atoms with Crippen LogP contribution in [0.2, 0.25) is 0 Å².